The molecule has 9 heterocycles. The maximum absolute atomic E-state index is 4.32. The van der Waals surface area contributed by atoms with Gasteiger partial charge in [-0.1, -0.05) is 129 Å². The second-order valence-electron chi connectivity index (χ2n) is 19.6. The molecule has 5 saturated heterocycles. The maximum atomic E-state index is 4.32. The van der Waals surface area contributed by atoms with E-state index in [1.807, 2.05) is 0 Å². The first kappa shape index (κ1) is 45.2. The van der Waals surface area contributed by atoms with E-state index in [0.717, 1.165) is 0 Å². The fourth-order valence-electron chi connectivity index (χ4n) is 11.8. The van der Waals surface area contributed by atoms with Gasteiger partial charge in [0.15, 0.2) is 0 Å². The van der Waals surface area contributed by atoms with Crippen molar-refractivity contribution in [1.82, 2.24) is 42.5 Å². The Kier molecular flexibility index (Phi) is 16.2. The van der Waals surface area contributed by atoms with E-state index in [4.69, 9.17) is 0 Å². The fraction of sp³-hybridized carbons (Fsp3) is 0.833. The number of hydrogen-bond acceptors (Lipinski definition) is 12. The SMILES string of the molecule is CCCCCCC1=CC2C3NC(NC4NC(NC5NC(NC6NC(N3)C3SC(CCCCCC)=CC63)C3SC(CCCCCC)=CC53)C3SC(CCCCCC)=CC43)C2S1. The zero-order valence-corrected chi connectivity index (χ0v) is 40.6. The Bertz CT molecular complexity index is 1330. The minimum absolute atomic E-state index is 0.226. The summed E-state index contributed by atoms with van der Waals surface area (Å²) in [5, 5.41) is 36.1. The second kappa shape index (κ2) is 21.6. The van der Waals surface area contributed by atoms with Crippen molar-refractivity contribution < 1.29 is 0 Å². The summed E-state index contributed by atoms with van der Waals surface area (Å²) in [6.07, 6.45) is 38.8. The van der Waals surface area contributed by atoms with Crippen LogP contribution in [0.15, 0.2) is 43.9 Å². The molecule has 9 aliphatic rings. The van der Waals surface area contributed by atoms with Crippen molar-refractivity contribution >= 4 is 47.0 Å². The molecule has 60 heavy (non-hydrogen) atoms. The van der Waals surface area contributed by atoms with E-state index >= 15 is 0 Å². The topological polar surface area (TPSA) is 96.2 Å². The summed E-state index contributed by atoms with van der Waals surface area (Å²) in [7, 11) is 0. The smallest absolute Gasteiger partial charge is 0.0728 e. The normalized spacial score (nSPS) is 41.3. The first-order valence-corrected chi connectivity index (χ1v) is 28.6. The van der Waals surface area contributed by atoms with E-state index in [0.29, 0.717) is 44.7 Å². The van der Waals surface area contributed by atoms with E-state index in [9.17, 15) is 0 Å². The zero-order chi connectivity index (χ0) is 41.0. The Morgan fingerprint density at radius 1 is 0.300 bits per heavy atom. The Hall–Kier alpha value is 0.0400. The van der Waals surface area contributed by atoms with Crippen LogP contribution in [0, 0.1) is 23.7 Å². The van der Waals surface area contributed by atoms with Crippen LogP contribution in [0.2, 0.25) is 0 Å². The number of hydrogen-bond donors (Lipinski definition) is 8. The zero-order valence-electron chi connectivity index (χ0n) is 37.3. The van der Waals surface area contributed by atoms with Crippen LogP contribution in [-0.2, 0) is 0 Å². The van der Waals surface area contributed by atoms with E-state index < -0.39 is 0 Å². The molecule has 8 nitrogen and oxygen atoms in total. The lowest BCUT2D eigenvalue weighted by molar-refractivity contribution is 0.282. The molecular formula is C48H80N8S4. The molecular weight excluding hydrogens is 817 g/mol. The maximum Gasteiger partial charge on any atom is 0.0728 e. The predicted molar refractivity (Wildman–Crippen MR) is 262 cm³/mol. The lowest BCUT2D eigenvalue weighted by atomic mass is 9.99. The van der Waals surface area contributed by atoms with Gasteiger partial charge in [-0.15, -0.1) is 47.0 Å². The van der Waals surface area contributed by atoms with Crippen LogP contribution >= 0.6 is 47.0 Å². The van der Waals surface area contributed by atoms with Gasteiger partial charge in [0, 0.05) is 44.7 Å². The standard InChI is InChI=1S/C48H80N8S4/c1-5-9-13-17-21-29-25-33-37(57-29)45-49-41(33)53-46-38-35(27-31(58-38)23-19-15-11-7-3)43(51-46)55-48-40-36(28-32(60-40)24-20-16-12-8-4)44(52-48)56-47-39-34(42(50-47)54-45)26-30(59-39)22-18-14-10-6-2/h25-28,33-56H,5-24H2,1-4H3. The van der Waals surface area contributed by atoms with E-state index in [1.54, 1.807) is 19.6 Å². The molecule has 0 spiro atoms. The number of fused-ring (bicyclic) bond motifs is 20. The summed E-state index contributed by atoms with van der Waals surface area (Å²) in [4.78, 5) is 6.52. The van der Waals surface area contributed by atoms with Gasteiger partial charge in [-0.3, -0.25) is 42.5 Å². The quantitative estimate of drug-likeness (QED) is 0.0560. The van der Waals surface area contributed by atoms with Gasteiger partial charge in [-0.2, -0.15) is 0 Å². The minimum atomic E-state index is 0.226. The van der Waals surface area contributed by atoms with Crippen molar-refractivity contribution in [3.63, 3.8) is 0 Å². The van der Waals surface area contributed by atoms with E-state index in [2.05, 4.69) is 142 Å². The third kappa shape index (κ3) is 10.2. The fourth-order valence-corrected chi connectivity index (χ4v) is 17.9. The van der Waals surface area contributed by atoms with Crippen LogP contribution in [0.25, 0.3) is 0 Å². The number of nitrogens with one attached hydrogen (secondary N) is 8. The highest BCUT2D eigenvalue weighted by molar-refractivity contribution is 8.04. The highest BCUT2D eigenvalue weighted by Gasteiger charge is 2.56. The molecule has 336 valence electrons. The van der Waals surface area contributed by atoms with Crippen LogP contribution in [0.3, 0.4) is 0 Å². The lowest BCUT2D eigenvalue weighted by Crippen LogP contribution is -2.62. The molecule has 0 aromatic heterocycles. The Balaban J connectivity index is 0.997. The predicted octanol–water partition coefficient (Wildman–Crippen LogP) is 9.72. The highest BCUT2D eigenvalue weighted by Crippen LogP contribution is 2.51. The van der Waals surface area contributed by atoms with Crippen molar-refractivity contribution in [3.8, 4) is 0 Å². The van der Waals surface area contributed by atoms with E-state index in [1.165, 1.54) is 128 Å². The lowest BCUT2D eigenvalue weighted by Gasteiger charge is -2.30. The van der Waals surface area contributed by atoms with Crippen LogP contribution in [0.1, 0.15) is 156 Å². The molecule has 0 saturated carbocycles. The minimum Gasteiger partial charge on any atom is -0.285 e. The van der Waals surface area contributed by atoms with Gasteiger partial charge < -0.3 is 0 Å². The molecule has 8 unspecified atom stereocenters. The van der Waals surface area contributed by atoms with Crippen molar-refractivity contribution in [2.45, 2.75) is 226 Å². The first-order valence-electron chi connectivity index (χ1n) is 25.1. The number of unbranched alkanes of at least 4 members (excludes halogenated alkanes) is 12. The first-order chi connectivity index (χ1) is 29.5. The largest absolute Gasteiger partial charge is 0.285 e. The van der Waals surface area contributed by atoms with E-state index in [-0.39, 0.29) is 49.3 Å². The van der Waals surface area contributed by atoms with Gasteiger partial charge in [0.1, 0.15) is 0 Å². The number of allylic oxidation sites excluding steroid dienone is 4. The van der Waals surface area contributed by atoms with Gasteiger partial charge in [-0.25, -0.2) is 0 Å². The molecule has 9 rings (SSSR count). The molecule has 0 amide bonds. The van der Waals surface area contributed by atoms with Crippen molar-refractivity contribution in [3.05, 3.63) is 43.9 Å². The van der Waals surface area contributed by atoms with Gasteiger partial charge in [0.05, 0.1) is 49.3 Å². The summed E-state index contributed by atoms with van der Waals surface area (Å²) in [6, 6.07) is 0. The molecule has 0 aromatic carbocycles. The Labute approximate surface area is 381 Å². The van der Waals surface area contributed by atoms with Crippen LogP contribution < -0.4 is 42.5 Å². The Morgan fingerprint density at radius 2 is 0.517 bits per heavy atom. The van der Waals surface area contributed by atoms with Gasteiger partial charge >= 0.3 is 0 Å². The van der Waals surface area contributed by atoms with Gasteiger partial charge in [0.2, 0.25) is 0 Å². The molecule has 0 aliphatic carbocycles. The third-order valence-corrected chi connectivity index (χ3v) is 21.0. The monoisotopic (exact) mass is 897 g/mol. The number of rotatable bonds is 20. The molecule has 9 aliphatic heterocycles. The molecule has 0 radical (unpaired) electrons. The second-order valence-corrected chi connectivity index (χ2v) is 24.8. The van der Waals surface area contributed by atoms with Crippen LogP contribution in [0.4, 0.5) is 0 Å². The highest BCUT2D eigenvalue weighted by atomic mass is 32.2. The molecule has 0 aromatic rings. The molecule has 8 bridgehead atoms. The summed E-state index contributed by atoms with van der Waals surface area (Å²) >= 11 is 8.75. The molecule has 12 heteroatoms. The average Bonchev–Trinajstić information content (AvgIpc) is 4.11. The van der Waals surface area contributed by atoms with Crippen LogP contribution in [0.5, 0.6) is 0 Å². The van der Waals surface area contributed by atoms with Gasteiger partial charge in [-0.05, 0) is 71.0 Å². The molecule has 5 fully saturated rings. The van der Waals surface area contributed by atoms with Gasteiger partial charge in [0.25, 0.3) is 0 Å². The average molecular weight is 897 g/mol. The van der Waals surface area contributed by atoms with Crippen molar-refractivity contribution in [1.29, 1.82) is 0 Å². The molecule has 8 N–H and O–H groups in total. The summed E-state index contributed by atoms with van der Waals surface area (Å²) in [5.74, 6) is 1.86. The summed E-state index contributed by atoms with van der Waals surface area (Å²) in [6.45, 7) is 9.31. The molecule has 8 atom stereocenters. The number of thioether (sulfide) groups is 4. The third-order valence-electron chi connectivity index (χ3n) is 15.0. The van der Waals surface area contributed by atoms with Crippen molar-refractivity contribution in [2.75, 3.05) is 0 Å². The summed E-state index contributed by atoms with van der Waals surface area (Å²) in [5.41, 5.74) is 0. The Morgan fingerprint density at radius 3 is 0.717 bits per heavy atom. The van der Waals surface area contributed by atoms with Crippen molar-refractivity contribution in [2.24, 2.45) is 23.7 Å². The summed E-state index contributed by atoms with van der Waals surface area (Å²) < 4.78 is 0. The van der Waals surface area contributed by atoms with Crippen LogP contribution in [-0.4, -0.2) is 70.3 Å².